The van der Waals surface area contributed by atoms with Gasteiger partial charge in [-0.1, -0.05) is 19.6 Å². The Bertz CT molecular complexity index is 391. The van der Waals surface area contributed by atoms with Crippen molar-refractivity contribution in [2.24, 2.45) is 11.3 Å². The van der Waals surface area contributed by atoms with E-state index in [9.17, 15) is 15.3 Å². The first-order valence-corrected chi connectivity index (χ1v) is 6.64. The molecule has 0 radical (unpaired) electrons. The van der Waals surface area contributed by atoms with Crippen LogP contribution in [0.4, 0.5) is 0 Å². The summed E-state index contributed by atoms with van der Waals surface area (Å²) in [5, 5.41) is 30.4. The van der Waals surface area contributed by atoms with Crippen LogP contribution in [0.3, 0.4) is 0 Å². The van der Waals surface area contributed by atoms with E-state index in [1.807, 2.05) is 0 Å². The Hall–Kier alpha value is -0.640. The van der Waals surface area contributed by atoms with Gasteiger partial charge in [0.05, 0.1) is 17.8 Å². The number of aliphatic hydroxyl groups is 3. The van der Waals surface area contributed by atoms with Gasteiger partial charge in [0.25, 0.3) is 0 Å². The van der Waals surface area contributed by atoms with Crippen LogP contribution < -0.4 is 0 Å². The zero-order valence-corrected chi connectivity index (χ0v) is 11.5. The molecule has 0 aliphatic heterocycles. The molecule has 0 bridgehead atoms. The van der Waals surface area contributed by atoms with Gasteiger partial charge in [0, 0.05) is 5.41 Å². The molecule has 0 unspecified atom stereocenters. The van der Waals surface area contributed by atoms with Crippen molar-refractivity contribution in [3.63, 3.8) is 0 Å². The van der Waals surface area contributed by atoms with Crippen LogP contribution in [0.1, 0.15) is 40.0 Å². The van der Waals surface area contributed by atoms with Gasteiger partial charge in [0.2, 0.25) is 0 Å². The van der Waals surface area contributed by atoms with Crippen molar-refractivity contribution in [1.82, 2.24) is 0 Å². The minimum absolute atomic E-state index is 0.0441. The van der Waals surface area contributed by atoms with Crippen molar-refractivity contribution in [3.05, 3.63) is 23.8 Å². The van der Waals surface area contributed by atoms with Crippen molar-refractivity contribution in [1.29, 1.82) is 0 Å². The molecule has 2 aliphatic carbocycles. The number of rotatable bonds is 1. The molecule has 3 heteroatoms. The molecule has 0 saturated heterocycles. The maximum absolute atomic E-state index is 10.4. The first-order valence-electron chi connectivity index (χ1n) is 6.64. The topological polar surface area (TPSA) is 60.7 Å². The van der Waals surface area contributed by atoms with Gasteiger partial charge in [-0.25, -0.2) is 0 Å². The van der Waals surface area contributed by atoms with E-state index in [2.05, 4.69) is 13.5 Å². The van der Waals surface area contributed by atoms with Crippen molar-refractivity contribution in [2.45, 2.75) is 57.8 Å². The Kier molecular flexibility index (Phi) is 3.21. The highest BCUT2D eigenvalue weighted by atomic mass is 16.3. The molecule has 0 aromatic rings. The van der Waals surface area contributed by atoms with E-state index in [4.69, 9.17) is 0 Å². The molecule has 3 N–H and O–H groups in total. The quantitative estimate of drug-likeness (QED) is 0.623. The lowest BCUT2D eigenvalue weighted by molar-refractivity contribution is -0.0258. The minimum Gasteiger partial charge on any atom is -0.389 e. The first kappa shape index (κ1) is 13.8. The number of aliphatic hydroxyl groups excluding tert-OH is 2. The number of hydrogen-bond donors (Lipinski definition) is 3. The second-order valence-electron chi connectivity index (χ2n) is 6.59. The molecular formula is C15H24O3. The van der Waals surface area contributed by atoms with E-state index in [-0.39, 0.29) is 11.3 Å². The summed E-state index contributed by atoms with van der Waals surface area (Å²) < 4.78 is 0. The summed E-state index contributed by atoms with van der Waals surface area (Å²) in [5.41, 5.74) is 0.459. The first-order chi connectivity index (χ1) is 8.16. The lowest BCUT2D eigenvalue weighted by atomic mass is 9.56. The van der Waals surface area contributed by atoms with E-state index >= 15 is 0 Å². The summed E-state index contributed by atoms with van der Waals surface area (Å²) in [6.07, 6.45) is 2.86. The molecule has 2 aliphatic rings. The van der Waals surface area contributed by atoms with Crippen LogP contribution in [-0.4, -0.2) is 33.1 Å². The van der Waals surface area contributed by atoms with Crippen LogP contribution in [-0.2, 0) is 0 Å². The lowest BCUT2D eigenvalue weighted by Gasteiger charge is -2.50. The maximum atomic E-state index is 10.4. The Morgan fingerprint density at radius 2 is 2.00 bits per heavy atom. The molecule has 0 spiro atoms. The van der Waals surface area contributed by atoms with Crippen LogP contribution in [0.15, 0.2) is 23.8 Å². The van der Waals surface area contributed by atoms with Gasteiger partial charge in [-0.2, -0.15) is 0 Å². The molecule has 2 rings (SSSR count). The predicted molar refractivity (Wildman–Crippen MR) is 71.0 cm³/mol. The molecule has 3 nitrogen and oxygen atoms in total. The van der Waals surface area contributed by atoms with Gasteiger partial charge < -0.3 is 15.3 Å². The fourth-order valence-electron chi connectivity index (χ4n) is 3.30. The summed E-state index contributed by atoms with van der Waals surface area (Å²) in [4.78, 5) is 0. The van der Waals surface area contributed by atoms with Gasteiger partial charge in [-0.15, -0.1) is 0 Å². The van der Waals surface area contributed by atoms with Crippen molar-refractivity contribution in [2.75, 3.05) is 0 Å². The molecule has 0 heterocycles. The normalized spacial score (nSPS) is 41.3. The van der Waals surface area contributed by atoms with Gasteiger partial charge in [0.1, 0.15) is 0 Å². The molecule has 102 valence electrons. The third kappa shape index (κ3) is 2.04. The van der Waals surface area contributed by atoms with Crippen LogP contribution in [0, 0.1) is 11.3 Å². The molecule has 4 atom stereocenters. The summed E-state index contributed by atoms with van der Waals surface area (Å²) in [6.45, 7) is 9.52. The predicted octanol–water partition coefficient (Wildman–Crippen LogP) is 1.78. The average molecular weight is 252 g/mol. The van der Waals surface area contributed by atoms with E-state index < -0.39 is 17.8 Å². The lowest BCUT2D eigenvalue weighted by Crippen LogP contribution is -2.49. The minimum atomic E-state index is -0.926. The molecule has 0 amide bonds. The van der Waals surface area contributed by atoms with Crippen LogP contribution in [0.2, 0.25) is 0 Å². The van der Waals surface area contributed by atoms with Gasteiger partial charge in [-0.05, 0) is 50.2 Å². The second-order valence-corrected chi connectivity index (χ2v) is 6.59. The number of fused-ring (bicyclic) bond motifs is 1. The van der Waals surface area contributed by atoms with Crippen molar-refractivity contribution in [3.8, 4) is 0 Å². The van der Waals surface area contributed by atoms with Crippen molar-refractivity contribution >= 4 is 0 Å². The Morgan fingerprint density at radius 3 is 2.56 bits per heavy atom. The monoisotopic (exact) mass is 252 g/mol. The van der Waals surface area contributed by atoms with E-state index in [0.29, 0.717) is 12.8 Å². The Morgan fingerprint density at radius 1 is 1.39 bits per heavy atom. The van der Waals surface area contributed by atoms with Crippen LogP contribution in [0.25, 0.3) is 0 Å². The Balaban J connectivity index is 2.38. The molecule has 18 heavy (non-hydrogen) atoms. The van der Waals surface area contributed by atoms with Gasteiger partial charge in [0.15, 0.2) is 0 Å². The molecule has 1 fully saturated rings. The fourth-order valence-corrected chi connectivity index (χ4v) is 3.30. The van der Waals surface area contributed by atoms with Gasteiger partial charge in [-0.3, -0.25) is 0 Å². The highest BCUT2D eigenvalue weighted by Crippen LogP contribution is 2.52. The molecule has 0 aromatic carbocycles. The van der Waals surface area contributed by atoms with Crippen LogP contribution in [0.5, 0.6) is 0 Å². The van der Waals surface area contributed by atoms with E-state index in [0.717, 1.165) is 17.6 Å². The van der Waals surface area contributed by atoms with Gasteiger partial charge >= 0.3 is 0 Å². The standard InChI is InChI=1S/C15H24O3/c1-9-11-7-10(14(2,3)18)8-13(17)15(11,4)6-5-12(9)16/h8,11-13,16-18H,1,5-7H2,2-4H3/t11-,12+,13-,15-/m0/s1. The maximum Gasteiger partial charge on any atom is 0.0801 e. The largest absolute Gasteiger partial charge is 0.389 e. The summed E-state index contributed by atoms with van der Waals surface area (Å²) >= 11 is 0. The third-order valence-electron chi connectivity index (χ3n) is 4.87. The highest BCUT2D eigenvalue weighted by molar-refractivity contribution is 5.30. The van der Waals surface area contributed by atoms with E-state index in [1.165, 1.54) is 0 Å². The summed E-state index contributed by atoms with van der Waals surface area (Å²) in [5.74, 6) is 0.0441. The zero-order chi connectivity index (χ0) is 13.7. The fraction of sp³-hybridized carbons (Fsp3) is 0.733. The molecular weight excluding hydrogens is 228 g/mol. The van der Waals surface area contributed by atoms with E-state index in [1.54, 1.807) is 19.9 Å². The smallest absolute Gasteiger partial charge is 0.0801 e. The van der Waals surface area contributed by atoms with Crippen molar-refractivity contribution < 1.29 is 15.3 Å². The SMILES string of the molecule is C=C1[C@H](O)CC[C@]2(C)[C@@H](O)C=C(C(C)(C)O)C[C@@H]12. The molecule has 1 saturated carbocycles. The summed E-state index contributed by atoms with van der Waals surface area (Å²) in [7, 11) is 0. The Labute approximate surface area is 109 Å². The molecule has 0 aromatic heterocycles. The van der Waals surface area contributed by atoms with Crippen LogP contribution >= 0.6 is 0 Å². The zero-order valence-electron chi connectivity index (χ0n) is 11.5. The summed E-state index contributed by atoms with van der Waals surface area (Å²) in [6, 6.07) is 0. The number of hydrogen-bond acceptors (Lipinski definition) is 3. The third-order valence-corrected chi connectivity index (χ3v) is 4.87. The highest BCUT2D eigenvalue weighted by Gasteiger charge is 2.49. The average Bonchev–Trinajstić information content (AvgIpc) is 2.25. The second kappa shape index (κ2) is 4.19.